The molecule has 1 N–H and O–H groups in total. The molecule has 0 aliphatic carbocycles. The summed E-state index contributed by atoms with van der Waals surface area (Å²) in [5.74, 6) is -0.519. The SMILES string of the molecule is O=C(Nc1ccc(Cl)cc1)N1CCCC(Oc2ncc(F)cn2)C1. The maximum absolute atomic E-state index is 12.8. The number of urea groups is 1. The van der Waals surface area contributed by atoms with Crippen molar-refractivity contribution in [3.8, 4) is 6.01 Å². The van der Waals surface area contributed by atoms with Crippen LogP contribution in [-0.2, 0) is 0 Å². The summed E-state index contributed by atoms with van der Waals surface area (Å²) in [6, 6.07) is 6.82. The van der Waals surface area contributed by atoms with Gasteiger partial charge in [0.25, 0.3) is 0 Å². The van der Waals surface area contributed by atoms with Crippen LogP contribution in [0, 0.1) is 5.82 Å². The summed E-state index contributed by atoms with van der Waals surface area (Å²) in [6.45, 7) is 1.06. The Hall–Kier alpha value is -2.41. The number of hydrogen-bond acceptors (Lipinski definition) is 4. The molecule has 1 saturated heterocycles. The second-order valence-corrected chi connectivity index (χ2v) is 5.89. The zero-order valence-electron chi connectivity index (χ0n) is 12.8. The third kappa shape index (κ3) is 4.32. The third-order valence-electron chi connectivity index (χ3n) is 3.63. The van der Waals surface area contributed by atoms with E-state index < -0.39 is 5.82 Å². The number of nitrogens with one attached hydrogen (secondary N) is 1. The van der Waals surface area contributed by atoms with Gasteiger partial charge in [-0.15, -0.1) is 0 Å². The average Bonchev–Trinajstić information content (AvgIpc) is 2.59. The van der Waals surface area contributed by atoms with Crippen molar-refractivity contribution in [3.63, 3.8) is 0 Å². The quantitative estimate of drug-likeness (QED) is 0.921. The Bertz CT molecular complexity index is 696. The number of hydrogen-bond donors (Lipinski definition) is 1. The van der Waals surface area contributed by atoms with Gasteiger partial charge >= 0.3 is 12.0 Å². The fourth-order valence-electron chi connectivity index (χ4n) is 2.46. The zero-order chi connectivity index (χ0) is 16.9. The molecule has 3 rings (SSSR count). The fraction of sp³-hybridized carbons (Fsp3) is 0.312. The van der Waals surface area contributed by atoms with Crippen LogP contribution >= 0.6 is 11.6 Å². The lowest BCUT2D eigenvalue weighted by Crippen LogP contribution is -2.46. The van der Waals surface area contributed by atoms with Gasteiger partial charge in [-0.3, -0.25) is 0 Å². The van der Waals surface area contributed by atoms with E-state index in [-0.39, 0.29) is 18.1 Å². The minimum Gasteiger partial charge on any atom is -0.458 e. The number of piperidine rings is 1. The number of nitrogens with zero attached hydrogens (tertiary/aromatic N) is 3. The lowest BCUT2D eigenvalue weighted by Gasteiger charge is -2.32. The van der Waals surface area contributed by atoms with E-state index in [0.29, 0.717) is 23.8 Å². The Kier molecular flexibility index (Phi) is 5.10. The van der Waals surface area contributed by atoms with E-state index in [0.717, 1.165) is 25.2 Å². The van der Waals surface area contributed by atoms with Crippen molar-refractivity contribution in [3.05, 3.63) is 47.5 Å². The Balaban J connectivity index is 1.57. The summed E-state index contributed by atoms with van der Waals surface area (Å²) in [7, 11) is 0. The van der Waals surface area contributed by atoms with E-state index in [1.165, 1.54) is 0 Å². The van der Waals surface area contributed by atoms with E-state index >= 15 is 0 Å². The molecule has 1 aromatic carbocycles. The summed E-state index contributed by atoms with van der Waals surface area (Å²) >= 11 is 5.83. The number of aromatic nitrogens is 2. The van der Waals surface area contributed by atoms with Crippen LogP contribution in [0.4, 0.5) is 14.9 Å². The molecule has 1 aliphatic heterocycles. The largest absolute Gasteiger partial charge is 0.458 e. The summed E-state index contributed by atoms with van der Waals surface area (Å²) in [6.07, 6.45) is 3.47. The Morgan fingerprint density at radius 1 is 1.29 bits per heavy atom. The van der Waals surface area contributed by atoms with Crippen molar-refractivity contribution in [1.82, 2.24) is 14.9 Å². The van der Waals surface area contributed by atoms with Crippen LogP contribution in [0.25, 0.3) is 0 Å². The number of amides is 2. The van der Waals surface area contributed by atoms with E-state index in [1.807, 2.05) is 0 Å². The number of carbonyl (C=O) groups excluding carboxylic acids is 1. The molecular formula is C16H16ClFN4O2. The first-order valence-electron chi connectivity index (χ1n) is 7.56. The normalized spacial score (nSPS) is 17.4. The average molecular weight is 351 g/mol. The Morgan fingerprint density at radius 2 is 2.00 bits per heavy atom. The predicted octanol–water partition coefficient (Wildman–Crippen LogP) is 3.34. The first-order valence-corrected chi connectivity index (χ1v) is 7.93. The standard InChI is InChI=1S/C16H16ClFN4O2/c17-11-3-5-13(6-4-11)21-16(23)22-7-1-2-14(10-22)24-15-19-8-12(18)9-20-15/h3-6,8-9,14H,1-2,7,10H2,(H,21,23). The Labute approximate surface area is 143 Å². The van der Waals surface area contributed by atoms with Gasteiger partial charge < -0.3 is 15.0 Å². The minimum absolute atomic E-state index is 0.112. The molecule has 1 fully saturated rings. The number of rotatable bonds is 3. The van der Waals surface area contributed by atoms with E-state index in [4.69, 9.17) is 16.3 Å². The highest BCUT2D eigenvalue weighted by atomic mass is 35.5. The second-order valence-electron chi connectivity index (χ2n) is 5.45. The number of anilines is 1. The molecule has 126 valence electrons. The second kappa shape index (κ2) is 7.44. The van der Waals surface area contributed by atoms with Crippen molar-refractivity contribution in [2.24, 2.45) is 0 Å². The molecule has 1 aromatic heterocycles. The molecule has 1 atom stereocenters. The van der Waals surface area contributed by atoms with Crippen molar-refractivity contribution in [2.75, 3.05) is 18.4 Å². The molecule has 2 heterocycles. The molecule has 0 saturated carbocycles. The first kappa shape index (κ1) is 16.4. The summed E-state index contributed by atoms with van der Waals surface area (Å²) in [5, 5.41) is 3.43. The minimum atomic E-state index is -0.519. The number of benzene rings is 1. The summed E-state index contributed by atoms with van der Waals surface area (Å²) < 4.78 is 18.4. The monoisotopic (exact) mass is 350 g/mol. The van der Waals surface area contributed by atoms with Gasteiger partial charge in [-0.05, 0) is 37.1 Å². The summed E-state index contributed by atoms with van der Waals surface area (Å²) in [4.78, 5) is 21.6. The van der Waals surface area contributed by atoms with Crippen LogP contribution in [0.5, 0.6) is 6.01 Å². The molecule has 0 radical (unpaired) electrons. The van der Waals surface area contributed by atoms with Gasteiger partial charge in [0, 0.05) is 17.3 Å². The molecule has 0 spiro atoms. The summed E-state index contributed by atoms with van der Waals surface area (Å²) in [5.41, 5.74) is 0.675. The lowest BCUT2D eigenvalue weighted by atomic mass is 10.1. The smallest absolute Gasteiger partial charge is 0.321 e. The highest BCUT2D eigenvalue weighted by molar-refractivity contribution is 6.30. The van der Waals surface area contributed by atoms with Crippen LogP contribution < -0.4 is 10.1 Å². The number of ether oxygens (including phenoxy) is 1. The third-order valence-corrected chi connectivity index (χ3v) is 3.88. The topological polar surface area (TPSA) is 67.4 Å². The van der Waals surface area contributed by atoms with Gasteiger partial charge in [0.15, 0.2) is 5.82 Å². The van der Waals surface area contributed by atoms with Crippen LogP contribution in [0.15, 0.2) is 36.7 Å². The van der Waals surface area contributed by atoms with Crippen LogP contribution in [0.2, 0.25) is 5.02 Å². The maximum Gasteiger partial charge on any atom is 0.321 e. The predicted molar refractivity (Wildman–Crippen MR) is 87.7 cm³/mol. The maximum atomic E-state index is 12.8. The van der Waals surface area contributed by atoms with Crippen LogP contribution in [0.1, 0.15) is 12.8 Å². The molecule has 24 heavy (non-hydrogen) atoms. The van der Waals surface area contributed by atoms with Gasteiger partial charge in [-0.2, -0.15) is 0 Å². The molecule has 1 aliphatic rings. The first-order chi connectivity index (χ1) is 11.6. The van der Waals surface area contributed by atoms with Crippen LogP contribution in [-0.4, -0.2) is 40.1 Å². The molecule has 0 bridgehead atoms. The number of halogens is 2. The molecule has 1 unspecified atom stereocenters. The molecule has 2 aromatic rings. The molecular weight excluding hydrogens is 335 g/mol. The van der Waals surface area contributed by atoms with Crippen molar-refractivity contribution < 1.29 is 13.9 Å². The fourth-order valence-corrected chi connectivity index (χ4v) is 2.59. The van der Waals surface area contributed by atoms with E-state index in [9.17, 15) is 9.18 Å². The van der Waals surface area contributed by atoms with Gasteiger partial charge in [0.2, 0.25) is 0 Å². The number of likely N-dealkylation sites (tertiary alicyclic amines) is 1. The highest BCUT2D eigenvalue weighted by Gasteiger charge is 2.25. The Morgan fingerprint density at radius 3 is 2.71 bits per heavy atom. The van der Waals surface area contributed by atoms with Gasteiger partial charge in [-0.1, -0.05) is 11.6 Å². The van der Waals surface area contributed by atoms with Gasteiger partial charge in [0.1, 0.15) is 6.10 Å². The van der Waals surface area contributed by atoms with Gasteiger partial charge in [-0.25, -0.2) is 19.2 Å². The zero-order valence-corrected chi connectivity index (χ0v) is 13.5. The van der Waals surface area contributed by atoms with E-state index in [2.05, 4.69) is 15.3 Å². The molecule has 2 amide bonds. The van der Waals surface area contributed by atoms with Crippen molar-refractivity contribution >= 4 is 23.3 Å². The lowest BCUT2D eigenvalue weighted by molar-refractivity contribution is 0.0981. The molecule has 8 heteroatoms. The van der Waals surface area contributed by atoms with E-state index in [1.54, 1.807) is 29.2 Å². The molecule has 6 nitrogen and oxygen atoms in total. The highest BCUT2D eigenvalue weighted by Crippen LogP contribution is 2.18. The van der Waals surface area contributed by atoms with Crippen molar-refractivity contribution in [1.29, 1.82) is 0 Å². The number of carbonyl (C=O) groups is 1. The van der Waals surface area contributed by atoms with Crippen LogP contribution in [0.3, 0.4) is 0 Å². The van der Waals surface area contributed by atoms with Crippen molar-refractivity contribution in [2.45, 2.75) is 18.9 Å². The van der Waals surface area contributed by atoms with Gasteiger partial charge in [0.05, 0.1) is 18.9 Å².